The number of hydrogen-bond donors (Lipinski definition) is 0. The molecule has 1 aliphatic heterocycles. The lowest BCUT2D eigenvalue weighted by Crippen LogP contribution is -2.36. The van der Waals surface area contributed by atoms with Gasteiger partial charge in [-0.25, -0.2) is 0 Å². The van der Waals surface area contributed by atoms with E-state index in [0.29, 0.717) is 13.2 Å². The molecule has 1 aliphatic rings. The Kier molecular flexibility index (Phi) is 12.2. The normalized spacial score (nSPS) is 17.4. The van der Waals surface area contributed by atoms with Gasteiger partial charge in [-0.3, -0.25) is 4.79 Å². The monoisotopic (exact) mass is 500 g/mol. The van der Waals surface area contributed by atoms with Crippen LogP contribution in [0.3, 0.4) is 0 Å². The largest absolute Gasteiger partial charge is 0.457 e. The van der Waals surface area contributed by atoms with Crippen molar-refractivity contribution >= 4 is 12.0 Å². The van der Waals surface area contributed by atoms with Crippen LogP contribution in [-0.4, -0.2) is 25.5 Å². The second-order valence-corrected chi connectivity index (χ2v) is 12.1. The molecule has 0 aromatic heterocycles. The highest BCUT2D eigenvalue weighted by molar-refractivity contribution is 5.76. The first-order valence-electron chi connectivity index (χ1n) is 14.2. The van der Waals surface area contributed by atoms with E-state index in [9.17, 15) is 4.79 Å². The summed E-state index contributed by atoms with van der Waals surface area (Å²) in [6.45, 7) is 18.1. The number of aryl methyl sites for hydroxylation is 2. The highest BCUT2D eigenvalue weighted by atomic mass is 16.7. The first-order valence-corrected chi connectivity index (χ1v) is 14.2. The molecule has 1 aromatic rings. The predicted octanol–water partition coefficient (Wildman–Crippen LogP) is 8.88. The fraction of sp³-hybridized carbons (Fsp3) is 0.719. The van der Waals surface area contributed by atoms with E-state index in [1.165, 1.54) is 49.7 Å². The number of carbonyl (C=O) groups excluding carboxylic acids is 1. The van der Waals surface area contributed by atoms with Crippen LogP contribution in [-0.2, 0) is 19.0 Å². The molecule has 1 unspecified atom stereocenters. The molecule has 4 nitrogen and oxygen atoms in total. The Hall–Kier alpha value is -1.65. The summed E-state index contributed by atoms with van der Waals surface area (Å²) < 4.78 is 18.1. The van der Waals surface area contributed by atoms with Crippen LogP contribution in [0.15, 0.2) is 18.2 Å². The maximum atomic E-state index is 13.2. The van der Waals surface area contributed by atoms with Crippen LogP contribution in [0.25, 0.3) is 6.08 Å². The number of unbranched alkanes of at least 4 members (excludes halogenated alkanes) is 6. The fourth-order valence-corrected chi connectivity index (χ4v) is 4.49. The lowest BCUT2D eigenvalue weighted by atomic mass is 9.89. The lowest BCUT2D eigenvalue weighted by Gasteiger charge is -2.33. The van der Waals surface area contributed by atoms with Crippen LogP contribution in [0, 0.1) is 24.7 Å². The zero-order valence-corrected chi connectivity index (χ0v) is 24.4. The molecule has 0 saturated carbocycles. The van der Waals surface area contributed by atoms with Crippen LogP contribution in [0.2, 0.25) is 0 Å². The lowest BCUT2D eigenvalue weighted by molar-refractivity contribution is -0.197. The van der Waals surface area contributed by atoms with Gasteiger partial charge in [-0.15, -0.1) is 0 Å². The molecule has 1 heterocycles. The summed E-state index contributed by atoms with van der Waals surface area (Å²) in [6.07, 6.45) is 13.7. The summed E-state index contributed by atoms with van der Waals surface area (Å²) in [7, 11) is 0. The molecule has 1 atom stereocenters. The maximum Gasteiger partial charge on any atom is 0.312 e. The van der Waals surface area contributed by atoms with Gasteiger partial charge in [-0.1, -0.05) is 90.0 Å². The number of esters is 1. The molecule has 1 fully saturated rings. The van der Waals surface area contributed by atoms with Crippen LogP contribution in [0.4, 0.5) is 0 Å². The zero-order valence-electron chi connectivity index (χ0n) is 24.4. The third kappa shape index (κ3) is 9.67. The van der Waals surface area contributed by atoms with Gasteiger partial charge in [0.1, 0.15) is 6.10 Å². The van der Waals surface area contributed by atoms with Gasteiger partial charge in [0.15, 0.2) is 6.29 Å². The summed E-state index contributed by atoms with van der Waals surface area (Å²) >= 11 is 0. The van der Waals surface area contributed by atoms with E-state index in [0.717, 1.165) is 30.4 Å². The van der Waals surface area contributed by atoms with Crippen LogP contribution in [0.5, 0.6) is 0 Å². The van der Waals surface area contributed by atoms with E-state index in [1.807, 2.05) is 26.8 Å². The second-order valence-electron chi connectivity index (χ2n) is 12.1. The number of hydrogen-bond acceptors (Lipinski definition) is 4. The van der Waals surface area contributed by atoms with Crippen molar-refractivity contribution in [1.82, 2.24) is 0 Å². The average molecular weight is 501 g/mol. The van der Waals surface area contributed by atoms with Crippen molar-refractivity contribution in [2.45, 2.75) is 126 Å². The molecule has 0 bridgehead atoms. The second kappa shape index (κ2) is 14.3. The van der Waals surface area contributed by atoms with Gasteiger partial charge >= 0.3 is 5.97 Å². The molecule has 36 heavy (non-hydrogen) atoms. The van der Waals surface area contributed by atoms with Crippen molar-refractivity contribution < 1.29 is 19.0 Å². The SMILES string of the molecule is CCCCCCCCCC(OC(=O)C(C)(C)CC)c1cc(C)cc(C)c1/C=C/C1OCC(C)(C)CO1. The highest BCUT2D eigenvalue weighted by Gasteiger charge is 2.31. The van der Waals surface area contributed by atoms with E-state index in [4.69, 9.17) is 14.2 Å². The van der Waals surface area contributed by atoms with Crippen molar-refractivity contribution in [2.24, 2.45) is 10.8 Å². The molecule has 1 saturated heterocycles. The van der Waals surface area contributed by atoms with Crippen molar-refractivity contribution in [1.29, 1.82) is 0 Å². The van der Waals surface area contributed by atoms with Gasteiger partial charge in [-0.05, 0) is 64.2 Å². The van der Waals surface area contributed by atoms with E-state index in [2.05, 4.69) is 52.8 Å². The van der Waals surface area contributed by atoms with Gasteiger partial charge in [0.25, 0.3) is 0 Å². The van der Waals surface area contributed by atoms with Gasteiger partial charge in [0, 0.05) is 11.0 Å². The molecular formula is C32H52O4. The van der Waals surface area contributed by atoms with Crippen LogP contribution < -0.4 is 0 Å². The third-order valence-electron chi connectivity index (χ3n) is 7.36. The van der Waals surface area contributed by atoms with Gasteiger partial charge < -0.3 is 14.2 Å². The zero-order chi connectivity index (χ0) is 26.8. The number of carbonyl (C=O) groups is 1. The molecule has 0 spiro atoms. The van der Waals surface area contributed by atoms with E-state index < -0.39 is 5.41 Å². The van der Waals surface area contributed by atoms with Crippen molar-refractivity contribution in [3.8, 4) is 0 Å². The standard InChI is InChI=1S/C32H52O4/c1-9-11-12-13-14-15-16-17-28(36-30(33)32(7,8)10-2)27-21-24(3)20-25(4)26(27)18-19-29-34-22-31(5,6)23-35-29/h18-21,28-29H,9-17,22-23H2,1-8H3/b19-18+. The predicted molar refractivity (Wildman–Crippen MR) is 150 cm³/mol. The van der Waals surface area contributed by atoms with E-state index in [-0.39, 0.29) is 23.8 Å². The Morgan fingerprint density at radius 2 is 1.67 bits per heavy atom. The Bertz CT molecular complexity index is 842. The van der Waals surface area contributed by atoms with Crippen LogP contribution >= 0.6 is 0 Å². The molecule has 0 aliphatic carbocycles. The van der Waals surface area contributed by atoms with Gasteiger partial charge in [0.2, 0.25) is 0 Å². The summed E-state index contributed by atoms with van der Waals surface area (Å²) in [5.74, 6) is -0.117. The molecule has 0 N–H and O–H groups in total. The summed E-state index contributed by atoms with van der Waals surface area (Å²) in [5.41, 5.74) is 4.09. The van der Waals surface area contributed by atoms with Gasteiger partial charge in [-0.2, -0.15) is 0 Å². The molecule has 2 rings (SSSR count). The summed E-state index contributed by atoms with van der Waals surface area (Å²) in [5, 5.41) is 0. The van der Waals surface area contributed by atoms with Crippen LogP contribution in [0.1, 0.15) is 128 Å². The molecule has 0 radical (unpaired) electrons. The maximum absolute atomic E-state index is 13.2. The number of ether oxygens (including phenoxy) is 3. The van der Waals surface area contributed by atoms with Crippen molar-refractivity contribution in [2.75, 3.05) is 13.2 Å². The fourth-order valence-electron chi connectivity index (χ4n) is 4.49. The van der Waals surface area contributed by atoms with E-state index >= 15 is 0 Å². The topological polar surface area (TPSA) is 44.8 Å². The number of benzene rings is 1. The third-order valence-corrected chi connectivity index (χ3v) is 7.36. The minimum atomic E-state index is -0.496. The minimum absolute atomic E-state index is 0.0389. The first-order chi connectivity index (χ1) is 17.0. The Labute approximate surface area is 221 Å². The van der Waals surface area contributed by atoms with Crippen molar-refractivity contribution in [3.05, 3.63) is 40.5 Å². The van der Waals surface area contributed by atoms with Gasteiger partial charge in [0.05, 0.1) is 18.6 Å². The summed E-state index contributed by atoms with van der Waals surface area (Å²) in [6, 6.07) is 4.38. The Balaban J connectivity index is 2.25. The molecular weight excluding hydrogens is 448 g/mol. The molecule has 0 amide bonds. The average Bonchev–Trinajstić information content (AvgIpc) is 2.82. The molecule has 204 valence electrons. The quantitative estimate of drug-likeness (QED) is 0.189. The Morgan fingerprint density at radius 3 is 2.28 bits per heavy atom. The molecule has 1 aromatic carbocycles. The van der Waals surface area contributed by atoms with Crippen molar-refractivity contribution in [3.63, 3.8) is 0 Å². The Morgan fingerprint density at radius 1 is 1.06 bits per heavy atom. The molecule has 4 heteroatoms. The minimum Gasteiger partial charge on any atom is -0.457 e. The highest BCUT2D eigenvalue weighted by Crippen LogP contribution is 2.34. The smallest absolute Gasteiger partial charge is 0.312 e. The first kappa shape index (κ1) is 30.6. The summed E-state index contributed by atoms with van der Waals surface area (Å²) in [4.78, 5) is 13.2. The number of rotatable bonds is 14. The van der Waals surface area contributed by atoms with E-state index in [1.54, 1.807) is 0 Å².